The van der Waals surface area contributed by atoms with Crippen molar-refractivity contribution in [3.8, 4) is 28.5 Å². The van der Waals surface area contributed by atoms with Crippen LogP contribution >= 0.6 is 0 Å². The summed E-state index contributed by atoms with van der Waals surface area (Å²) in [5, 5.41) is 18.6. The fourth-order valence-corrected chi connectivity index (χ4v) is 5.48. The summed E-state index contributed by atoms with van der Waals surface area (Å²) in [4.78, 5) is 15.7. The molecule has 1 amide bonds. The predicted molar refractivity (Wildman–Crippen MR) is 156 cm³/mol. The molecule has 1 unspecified atom stereocenters. The number of carbonyl (C=O) groups excluding carboxylic acids is 1. The number of nitrogens with zero attached hydrogens (tertiary/aromatic N) is 2. The summed E-state index contributed by atoms with van der Waals surface area (Å²) in [5.41, 5.74) is 6.30. The van der Waals surface area contributed by atoms with Gasteiger partial charge >= 0.3 is 0 Å². The molecule has 1 atom stereocenters. The Morgan fingerprint density at radius 3 is 2.58 bits per heavy atom. The Kier molecular flexibility index (Phi) is 8.10. The summed E-state index contributed by atoms with van der Waals surface area (Å²) in [6.45, 7) is 7.21. The molecule has 0 saturated carbocycles. The van der Waals surface area contributed by atoms with Crippen LogP contribution in [0.3, 0.4) is 0 Å². The highest BCUT2D eigenvalue weighted by molar-refractivity contribution is 6.00. The van der Waals surface area contributed by atoms with E-state index in [1.165, 1.54) is 0 Å². The van der Waals surface area contributed by atoms with Gasteiger partial charge in [-0.05, 0) is 79.3 Å². The number of carbonyl (C=O) groups is 1. The second-order valence-corrected chi connectivity index (χ2v) is 10.5. The Balaban J connectivity index is 1.54. The van der Waals surface area contributed by atoms with Gasteiger partial charge in [-0.25, -0.2) is 0 Å². The quantitative estimate of drug-likeness (QED) is 0.206. The summed E-state index contributed by atoms with van der Waals surface area (Å²) in [6, 6.07) is 19.4. The molecule has 4 aromatic rings. The standard InChI is InChI=1S/C33H37N3O4/c1-5-6-7-17-40-26-10-8-9-24(20-26)31-28-29(27-19-21(2)18-22(3)32(27)37)34-35-30(28)33(38)36(31)16-15-23-11-13-25(39-4)14-12-23/h8-14,18-20,31,37H,5-7,15-17H2,1-4H3,(H,34,35). The van der Waals surface area contributed by atoms with E-state index in [9.17, 15) is 9.90 Å². The molecular weight excluding hydrogens is 502 g/mol. The molecule has 5 rings (SSSR count). The van der Waals surface area contributed by atoms with Gasteiger partial charge in [-0.2, -0.15) is 5.10 Å². The highest BCUT2D eigenvalue weighted by Crippen LogP contribution is 2.45. The number of aryl methyl sites for hydroxylation is 2. The van der Waals surface area contributed by atoms with Gasteiger partial charge < -0.3 is 19.5 Å². The van der Waals surface area contributed by atoms with Gasteiger partial charge in [0.2, 0.25) is 0 Å². The van der Waals surface area contributed by atoms with Gasteiger partial charge in [0.15, 0.2) is 0 Å². The largest absolute Gasteiger partial charge is 0.507 e. The minimum Gasteiger partial charge on any atom is -0.507 e. The highest BCUT2D eigenvalue weighted by Gasteiger charge is 2.42. The molecule has 7 heteroatoms. The molecule has 40 heavy (non-hydrogen) atoms. The van der Waals surface area contributed by atoms with Gasteiger partial charge in [0.05, 0.1) is 19.8 Å². The number of aromatic amines is 1. The maximum Gasteiger partial charge on any atom is 0.273 e. The fourth-order valence-electron chi connectivity index (χ4n) is 5.48. The molecular formula is C33H37N3O4. The van der Waals surface area contributed by atoms with Crippen LogP contribution in [0.1, 0.15) is 70.5 Å². The maximum absolute atomic E-state index is 13.8. The smallest absolute Gasteiger partial charge is 0.273 e. The van der Waals surface area contributed by atoms with Crippen LogP contribution in [0.4, 0.5) is 0 Å². The molecule has 2 heterocycles. The third-order valence-electron chi connectivity index (χ3n) is 7.55. The number of methoxy groups -OCH3 is 1. The predicted octanol–water partition coefficient (Wildman–Crippen LogP) is 6.76. The van der Waals surface area contributed by atoms with E-state index in [-0.39, 0.29) is 17.7 Å². The van der Waals surface area contributed by atoms with Crippen molar-refractivity contribution in [3.05, 3.63) is 94.2 Å². The Morgan fingerprint density at radius 2 is 1.82 bits per heavy atom. The number of phenols is 1. The third kappa shape index (κ3) is 5.41. The van der Waals surface area contributed by atoms with Gasteiger partial charge in [0, 0.05) is 17.7 Å². The van der Waals surface area contributed by atoms with Gasteiger partial charge in [-0.1, -0.05) is 50.1 Å². The second kappa shape index (κ2) is 11.9. The molecule has 1 aliphatic rings. The molecule has 1 aromatic heterocycles. The lowest BCUT2D eigenvalue weighted by Crippen LogP contribution is -2.31. The first-order valence-electron chi connectivity index (χ1n) is 14.0. The number of fused-ring (bicyclic) bond motifs is 1. The van der Waals surface area contributed by atoms with E-state index < -0.39 is 0 Å². The molecule has 0 saturated heterocycles. The number of rotatable bonds is 11. The van der Waals surface area contributed by atoms with Crippen LogP contribution in [-0.2, 0) is 6.42 Å². The average molecular weight is 540 g/mol. The first-order valence-corrected chi connectivity index (χ1v) is 14.0. The highest BCUT2D eigenvalue weighted by atomic mass is 16.5. The third-order valence-corrected chi connectivity index (χ3v) is 7.55. The molecule has 3 aromatic carbocycles. The van der Waals surface area contributed by atoms with Gasteiger partial charge in [-0.3, -0.25) is 9.89 Å². The zero-order valence-electron chi connectivity index (χ0n) is 23.7. The lowest BCUT2D eigenvalue weighted by molar-refractivity contribution is 0.0745. The van der Waals surface area contributed by atoms with Crippen LogP contribution < -0.4 is 9.47 Å². The first-order chi connectivity index (χ1) is 19.4. The average Bonchev–Trinajstić information content (AvgIpc) is 3.50. The summed E-state index contributed by atoms with van der Waals surface area (Å²) < 4.78 is 11.4. The Morgan fingerprint density at radius 1 is 1.02 bits per heavy atom. The maximum atomic E-state index is 13.8. The molecule has 0 bridgehead atoms. The number of amides is 1. The van der Waals surface area contributed by atoms with Crippen LogP contribution in [0.15, 0.2) is 60.7 Å². The van der Waals surface area contributed by atoms with Crippen LogP contribution in [0.25, 0.3) is 11.3 Å². The van der Waals surface area contributed by atoms with E-state index in [0.717, 1.165) is 58.6 Å². The summed E-state index contributed by atoms with van der Waals surface area (Å²) in [6.07, 6.45) is 3.94. The Bertz CT molecular complexity index is 1490. The van der Waals surface area contributed by atoms with Gasteiger partial charge in [0.25, 0.3) is 5.91 Å². The number of H-pyrrole nitrogens is 1. The number of hydrogen-bond donors (Lipinski definition) is 2. The van der Waals surface area contributed by atoms with E-state index >= 15 is 0 Å². The fraction of sp³-hybridized carbons (Fsp3) is 0.333. The van der Waals surface area contributed by atoms with Crippen molar-refractivity contribution in [2.24, 2.45) is 0 Å². The second-order valence-electron chi connectivity index (χ2n) is 10.5. The van der Waals surface area contributed by atoms with Crippen molar-refractivity contribution in [1.29, 1.82) is 0 Å². The van der Waals surface area contributed by atoms with E-state index in [1.54, 1.807) is 7.11 Å². The van der Waals surface area contributed by atoms with E-state index in [1.807, 2.05) is 79.4 Å². The minimum atomic E-state index is -0.381. The SMILES string of the molecule is CCCCCOc1cccc(C2c3c(-c4cc(C)cc(C)c4O)n[nH]c3C(=O)N2CCc2ccc(OC)cc2)c1. The van der Waals surface area contributed by atoms with Crippen molar-refractivity contribution in [2.75, 3.05) is 20.3 Å². The minimum absolute atomic E-state index is 0.106. The summed E-state index contributed by atoms with van der Waals surface area (Å²) in [5.74, 6) is 1.65. The topological polar surface area (TPSA) is 87.7 Å². The van der Waals surface area contributed by atoms with E-state index in [4.69, 9.17) is 9.47 Å². The first kappa shape index (κ1) is 27.3. The van der Waals surface area contributed by atoms with Crippen LogP contribution in [-0.4, -0.2) is 46.4 Å². The van der Waals surface area contributed by atoms with E-state index in [2.05, 4.69) is 17.1 Å². The van der Waals surface area contributed by atoms with E-state index in [0.29, 0.717) is 36.5 Å². The van der Waals surface area contributed by atoms with Crippen molar-refractivity contribution < 1.29 is 19.4 Å². The normalized spacial score (nSPS) is 14.4. The zero-order chi connectivity index (χ0) is 28.2. The number of ether oxygens (including phenoxy) is 2. The number of aromatic nitrogens is 2. The van der Waals surface area contributed by atoms with Crippen LogP contribution in [0, 0.1) is 13.8 Å². The Hall–Kier alpha value is -4.26. The number of hydrogen-bond acceptors (Lipinski definition) is 5. The van der Waals surface area contributed by atoms with Crippen molar-refractivity contribution in [1.82, 2.24) is 15.1 Å². The van der Waals surface area contributed by atoms with Gasteiger partial charge in [0.1, 0.15) is 28.6 Å². The summed E-state index contributed by atoms with van der Waals surface area (Å²) >= 11 is 0. The number of benzene rings is 3. The lowest BCUT2D eigenvalue weighted by Gasteiger charge is -2.27. The van der Waals surface area contributed by atoms with Crippen LogP contribution in [0.5, 0.6) is 17.2 Å². The zero-order valence-corrected chi connectivity index (χ0v) is 23.7. The Labute approximate surface area is 235 Å². The van der Waals surface area contributed by atoms with Crippen molar-refractivity contribution in [2.45, 2.75) is 52.5 Å². The molecule has 0 aliphatic carbocycles. The molecule has 7 nitrogen and oxygen atoms in total. The molecule has 208 valence electrons. The number of nitrogens with one attached hydrogen (secondary N) is 1. The molecule has 1 aliphatic heterocycles. The molecule has 0 fully saturated rings. The number of phenolic OH excluding ortho intramolecular Hbond substituents is 1. The van der Waals surface area contributed by atoms with Crippen molar-refractivity contribution in [3.63, 3.8) is 0 Å². The van der Waals surface area contributed by atoms with Crippen LogP contribution in [0.2, 0.25) is 0 Å². The van der Waals surface area contributed by atoms with Crippen molar-refractivity contribution >= 4 is 5.91 Å². The van der Waals surface area contributed by atoms with Gasteiger partial charge in [-0.15, -0.1) is 0 Å². The lowest BCUT2D eigenvalue weighted by atomic mass is 9.94. The molecule has 0 spiro atoms. The molecule has 2 N–H and O–H groups in total. The summed E-state index contributed by atoms with van der Waals surface area (Å²) in [7, 11) is 1.65. The number of aromatic hydroxyl groups is 1. The molecule has 0 radical (unpaired) electrons. The number of unbranched alkanes of at least 4 members (excludes halogenated alkanes) is 2. The monoisotopic (exact) mass is 539 g/mol.